The molecule has 2 heteroatoms. The van der Waals surface area contributed by atoms with Gasteiger partial charge in [-0.2, -0.15) is 0 Å². The molecule has 0 saturated heterocycles. The molecule has 0 aromatic heterocycles. The van der Waals surface area contributed by atoms with E-state index in [1.54, 1.807) is 0 Å². The number of rotatable bonds is 6. The lowest BCUT2D eigenvalue weighted by Crippen LogP contribution is -2.43. The fraction of sp³-hybridized carbons (Fsp3) is 0.933. The van der Waals surface area contributed by atoms with Crippen LogP contribution in [0.5, 0.6) is 0 Å². The van der Waals surface area contributed by atoms with Gasteiger partial charge in [-0.05, 0) is 38.1 Å². The summed E-state index contributed by atoms with van der Waals surface area (Å²) >= 11 is 0. The van der Waals surface area contributed by atoms with Gasteiger partial charge in [0, 0.05) is 18.5 Å². The van der Waals surface area contributed by atoms with Crippen LogP contribution in [0, 0.1) is 11.3 Å². The first kappa shape index (κ1) is 13.1. The lowest BCUT2D eigenvalue weighted by Gasteiger charge is -2.39. The average Bonchev–Trinajstić information content (AvgIpc) is 2.33. The lowest BCUT2D eigenvalue weighted by molar-refractivity contribution is -0.119. The summed E-state index contributed by atoms with van der Waals surface area (Å²) in [5.41, 5.74) is -0.00198. The Bertz CT molecular complexity index is 241. The Labute approximate surface area is 106 Å². The minimum atomic E-state index is -0.00198. The van der Waals surface area contributed by atoms with Crippen LogP contribution in [0.3, 0.4) is 0 Å². The molecule has 0 heterocycles. The van der Waals surface area contributed by atoms with Gasteiger partial charge in [0.25, 0.3) is 0 Å². The second-order valence-electron chi connectivity index (χ2n) is 6.17. The number of aldehydes is 1. The third-order valence-corrected chi connectivity index (χ3v) is 4.83. The van der Waals surface area contributed by atoms with E-state index in [4.69, 9.17) is 0 Å². The Kier molecular flexibility index (Phi) is 4.61. The molecule has 2 fully saturated rings. The summed E-state index contributed by atoms with van der Waals surface area (Å²) in [7, 11) is 0. The smallest absolute Gasteiger partial charge is 0.127 e. The molecule has 0 N–H and O–H groups in total. The summed E-state index contributed by atoms with van der Waals surface area (Å²) in [6.45, 7) is 5.58. The molecule has 17 heavy (non-hydrogen) atoms. The van der Waals surface area contributed by atoms with Gasteiger partial charge in [-0.15, -0.1) is 0 Å². The van der Waals surface area contributed by atoms with Gasteiger partial charge in [0.2, 0.25) is 0 Å². The molecule has 0 aromatic rings. The average molecular weight is 237 g/mol. The SMILES string of the molecule is CCN(CC1CCC1)CC1(C=O)CCCCC1. The highest BCUT2D eigenvalue weighted by Crippen LogP contribution is 2.36. The van der Waals surface area contributed by atoms with Gasteiger partial charge >= 0.3 is 0 Å². The van der Waals surface area contributed by atoms with Crippen LogP contribution in [-0.2, 0) is 4.79 Å². The monoisotopic (exact) mass is 237 g/mol. The van der Waals surface area contributed by atoms with Crippen LogP contribution in [0.15, 0.2) is 0 Å². The van der Waals surface area contributed by atoms with E-state index in [-0.39, 0.29) is 5.41 Å². The topological polar surface area (TPSA) is 20.3 Å². The van der Waals surface area contributed by atoms with Crippen molar-refractivity contribution in [3.63, 3.8) is 0 Å². The van der Waals surface area contributed by atoms with Crippen LogP contribution in [0.4, 0.5) is 0 Å². The first-order valence-corrected chi connectivity index (χ1v) is 7.47. The van der Waals surface area contributed by atoms with Crippen LogP contribution < -0.4 is 0 Å². The summed E-state index contributed by atoms with van der Waals surface area (Å²) in [4.78, 5) is 14.0. The molecule has 0 amide bonds. The van der Waals surface area contributed by atoms with E-state index in [1.807, 2.05) is 0 Å². The Balaban J connectivity index is 1.87. The van der Waals surface area contributed by atoms with Crippen molar-refractivity contribution in [2.45, 2.75) is 58.3 Å². The van der Waals surface area contributed by atoms with E-state index in [1.165, 1.54) is 51.4 Å². The zero-order valence-electron chi connectivity index (χ0n) is 11.3. The van der Waals surface area contributed by atoms with Crippen molar-refractivity contribution in [2.24, 2.45) is 11.3 Å². The number of carbonyl (C=O) groups is 1. The van der Waals surface area contributed by atoms with E-state index in [9.17, 15) is 4.79 Å². The van der Waals surface area contributed by atoms with Crippen molar-refractivity contribution in [3.05, 3.63) is 0 Å². The maximum Gasteiger partial charge on any atom is 0.127 e. The fourth-order valence-electron chi connectivity index (χ4n) is 3.36. The molecule has 0 radical (unpaired) electrons. The third-order valence-electron chi connectivity index (χ3n) is 4.83. The van der Waals surface area contributed by atoms with E-state index in [0.29, 0.717) is 0 Å². The highest BCUT2D eigenvalue weighted by Gasteiger charge is 2.34. The van der Waals surface area contributed by atoms with Gasteiger partial charge in [0.15, 0.2) is 0 Å². The summed E-state index contributed by atoms with van der Waals surface area (Å²) < 4.78 is 0. The first-order valence-electron chi connectivity index (χ1n) is 7.47. The molecule has 0 spiro atoms. The summed E-state index contributed by atoms with van der Waals surface area (Å²) in [6, 6.07) is 0. The molecule has 98 valence electrons. The van der Waals surface area contributed by atoms with Gasteiger partial charge in [-0.3, -0.25) is 0 Å². The minimum Gasteiger partial charge on any atom is -0.303 e. The van der Waals surface area contributed by atoms with E-state index in [2.05, 4.69) is 11.8 Å². The molecule has 2 nitrogen and oxygen atoms in total. The quantitative estimate of drug-likeness (QED) is 0.661. The van der Waals surface area contributed by atoms with Crippen LogP contribution in [0.25, 0.3) is 0 Å². The highest BCUT2D eigenvalue weighted by atomic mass is 16.1. The zero-order valence-corrected chi connectivity index (χ0v) is 11.3. The molecule has 2 rings (SSSR count). The molecule has 2 saturated carbocycles. The third kappa shape index (κ3) is 3.31. The highest BCUT2D eigenvalue weighted by molar-refractivity contribution is 5.60. The second kappa shape index (κ2) is 5.99. The molecule has 0 atom stereocenters. The molecule has 2 aliphatic rings. The summed E-state index contributed by atoms with van der Waals surface area (Å²) in [6.07, 6.45) is 11.6. The molecular formula is C15H27NO. The lowest BCUT2D eigenvalue weighted by atomic mass is 9.74. The minimum absolute atomic E-state index is 0.00198. The normalized spacial score (nSPS) is 24.6. The van der Waals surface area contributed by atoms with Crippen molar-refractivity contribution in [3.8, 4) is 0 Å². The molecule has 0 aliphatic heterocycles. The maximum absolute atomic E-state index is 11.5. The standard InChI is InChI=1S/C15H27NO/c1-2-16(11-14-7-6-8-14)12-15(13-17)9-4-3-5-10-15/h13-14H,2-12H2,1H3. The Morgan fingerprint density at radius 1 is 1.18 bits per heavy atom. The number of nitrogens with zero attached hydrogens (tertiary/aromatic N) is 1. The van der Waals surface area contributed by atoms with Crippen molar-refractivity contribution >= 4 is 6.29 Å². The van der Waals surface area contributed by atoms with Crippen LogP contribution >= 0.6 is 0 Å². The summed E-state index contributed by atoms with van der Waals surface area (Å²) in [5, 5.41) is 0. The van der Waals surface area contributed by atoms with Crippen LogP contribution in [-0.4, -0.2) is 30.8 Å². The molecular weight excluding hydrogens is 210 g/mol. The van der Waals surface area contributed by atoms with Gasteiger partial charge in [-0.25, -0.2) is 0 Å². The Hall–Kier alpha value is -0.370. The van der Waals surface area contributed by atoms with Crippen molar-refractivity contribution in [2.75, 3.05) is 19.6 Å². The molecule has 0 aromatic carbocycles. The second-order valence-corrected chi connectivity index (χ2v) is 6.17. The van der Waals surface area contributed by atoms with Crippen LogP contribution in [0.1, 0.15) is 58.3 Å². The summed E-state index contributed by atoms with van der Waals surface area (Å²) in [5.74, 6) is 0.919. The van der Waals surface area contributed by atoms with Crippen molar-refractivity contribution in [1.29, 1.82) is 0 Å². The molecule has 0 unspecified atom stereocenters. The van der Waals surface area contributed by atoms with Crippen molar-refractivity contribution < 1.29 is 4.79 Å². The predicted molar refractivity (Wildman–Crippen MR) is 71.0 cm³/mol. The van der Waals surface area contributed by atoms with E-state index in [0.717, 1.165) is 31.8 Å². The van der Waals surface area contributed by atoms with Gasteiger partial charge in [0.05, 0.1) is 0 Å². The number of hydrogen-bond acceptors (Lipinski definition) is 2. The Morgan fingerprint density at radius 2 is 1.88 bits per heavy atom. The predicted octanol–water partition coefficient (Wildman–Crippen LogP) is 3.26. The van der Waals surface area contributed by atoms with E-state index < -0.39 is 0 Å². The number of carbonyl (C=O) groups excluding carboxylic acids is 1. The van der Waals surface area contributed by atoms with E-state index >= 15 is 0 Å². The van der Waals surface area contributed by atoms with Crippen molar-refractivity contribution in [1.82, 2.24) is 4.90 Å². The molecule has 0 bridgehead atoms. The van der Waals surface area contributed by atoms with Gasteiger partial charge in [-0.1, -0.05) is 32.6 Å². The fourth-order valence-corrected chi connectivity index (χ4v) is 3.36. The zero-order chi connectivity index (χ0) is 12.1. The largest absolute Gasteiger partial charge is 0.303 e. The Morgan fingerprint density at radius 3 is 2.35 bits per heavy atom. The maximum atomic E-state index is 11.5. The van der Waals surface area contributed by atoms with Gasteiger partial charge < -0.3 is 9.69 Å². The molecule has 2 aliphatic carbocycles. The number of hydrogen-bond donors (Lipinski definition) is 0. The van der Waals surface area contributed by atoms with Gasteiger partial charge in [0.1, 0.15) is 6.29 Å². The first-order chi connectivity index (χ1) is 8.28. The van der Waals surface area contributed by atoms with Crippen LogP contribution in [0.2, 0.25) is 0 Å².